The molecule has 0 amide bonds. The van der Waals surface area contributed by atoms with E-state index in [1.165, 1.54) is 7.05 Å². The topological polar surface area (TPSA) is 161 Å². The number of phenols is 2. The summed E-state index contributed by atoms with van der Waals surface area (Å²) in [6.45, 7) is 0. The first-order chi connectivity index (χ1) is 12.9. The highest BCUT2D eigenvalue weighted by atomic mass is 32.2. The maximum atomic E-state index is 11.2. The summed E-state index contributed by atoms with van der Waals surface area (Å²) in [5.41, 5.74) is 0.166. The minimum Gasteiger partial charge on any atom is -0.508 e. The molecule has 0 saturated heterocycles. The van der Waals surface area contributed by atoms with Crippen molar-refractivity contribution >= 4 is 36.7 Å². The van der Waals surface area contributed by atoms with E-state index in [9.17, 15) is 21.9 Å². The van der Waals surface area contributed by atoms with Gasteiger partial charge in [0.25, 0.3) is 20.2 Å². The molecule has 0 bridgehead atoms. The number of anilines is 1. The molecule has 150 valence electrons. The third kappa shape index (κ3) is 5.10. The van der Waals surface area contributed by atoms with Crippen LogP contribution >= 0.6 is 0 Å². The van der Waals surface area contributed by atoms with Gasteiger partial charge in [0.05, 0.1) is 9.79 Å². The SMILES string of the molecule is CNc1cc(S(=O)(=O)O)cc2cc(S(=O)(=O)O)cc(O)c12.Oc1ccccc1. The van der Waals surface area contributed by atoms with Crippen LogP contribution in [0.2, 0.25) is 0 Å². The zero-order valence-corrected chi connectivity index (χ0v) is 16.1. The molecule has 28 heavy (non-hydrogen) atoms. The highest BCUT2D eigenvalue weighted by Crippen LogP contribution is 2.36. The van der Waals surface area contributed by atoms with E-state index in [2.05, 4.69) is 5.32 Å². The van der Waals surface area contributed by atoms with Crippen LogP contribution in [0.25, 0.3) is 10.8 Å². The number of aromatic hydroxyl groups is 2. The Kier molecular flexibility index (Phi) is 6.14. The summed E-state index contributed by atoms with van der Waals surface area (Å²) in [5.74, 6) is -0.145. The fraction of sp³-hybridized carbons (Fsp3) is 0.0588. The lowest BCUT2D eigenvalue weighted by Crippen LogP contribution is -2.02. The Bertz CT molecular complexity index is 1200. The second-order valence-electron chi connectivity index (χ2n) is 5.55. The van der Waals surface area contributed by atoms with Crippen molar-refractivity contribution in [2.24, 2.45) is 0 Å². The van der Waals surface area contributed by atoms with Crippen molar-refractivity contribution in [2.45, 2.75) is 9.79 Å². The summed E-state index contributed by atoms with van der Waals surface area (Å²) in [5, 5.41) is 21.3. The van der Waals surface area contributed by atoms with Crippen LogP contribution in [0.1, 0.15) is 0 Å². The summed E-state index contributed by atoms with van der Waals surface area (Å²) in [6.07, 6.45) is 0. The number of fused-ring (bicyclic) bond motifs is 1. The predicted octanol–water partition coefficient (Wildman–Crippen LogP) is 2.47. The van der Waals surface area contributed by atoms with E-state index < -0.39 is 35.8 Å². The molecule has 3 aromatic carbocycles. The summed E-state index contributed by atoms with van der Waals surface area (Å²) in [4.78, 5) is -1.08. The first-order valence-corrected chi connectivity index (χ1v) is 10.5. The van der Waals surface area contributed by atoms with Crippen molar-refractivity contribution in [3.63, 3.8) is 0 Å². The van der Waals surface area contributed by atoms with Gasteiger partial charge < -0.3 is 15.5 Å². The fourth-order valence-electron chi connectivity index (χ4n) is 2.36. The van der Waals surface area contributed by atoms with Crippen LogP contribution in [0.3, 0.4) is 0 Å². The Morgan fingerprint density at radius 3 is 1.68 bits per heavy atom. The van der Waals surface area contributed by atoms with E-state index in [-0.39, 0.29) is 16.5 Å². The molecule has 5 N–H and O–H groups in total. The van der Waals surface area contributed by atoms with Gasteiger partial charge in [0.1, 0.15) is 11.5 Å². The summed E-state index contributed by atoms with van der Waals surface area (Å²) in [7, 11) is -7.64. The van der Waals surface area contributed by atoms with E-state index in [4.69, 9.17) is 14.2 Å². The molecular weight excluding hydrogens is 410 g/mol. The molecule has 0 aliphatic rings. The Morgan fingerprint density at radius 2 is 1.29 bits per heavy atom. The van der Waals surface area contributed by atoms with E-state index in [0.717, 1.165) is 24.3 Å². The molecule has 3 aromatic rings. The third-order valence-corrected chi connectivity index (χ3v) is 5.26. The van der Waals surface area contributed by atoms with Gasteiger partial charge in [-0.3, -0.25) is 9.11 Å². The van der Waals surface area contributed by atoms with Gasteiger partial charge in [-0.05, 0) is 35.7 Å². The number of para-hydroxylation sites is 1. The predicted molar refractivity (Wildman–Crippen MR) is 103 cm³/mol. The lowest BCUT2D eigenvalue weighted by atomic mass is 10.1. The Morgan fingerprint density at radius 1 is 0.786 bits per heavy atom. The van der Waals surface area contributed by atoms with Crippen molar-refractivity contribution in [1.82, 2.24) is 0 Å². The van der Waals surface area contributed by atoms with Gasteiger partial charge >= 0.3 is 0 Å². The number of benzene rings is 3. The number of hydrogen-bond donors (Lipinski definition) is 5. The van der Waals surface area contributed by atoms with E-state index in [0.29, 0.717) is 5.75 Å². The van der Waals surface area contributed by atoms with Gasteiger partial charge in [-0.25, -0.2) is 0 Å². The second kappa shape index (κ2) is 8.02. The second-order valence-corrected chi connectivity index (χ2v) is 8.39. The van der Waals surface area contributed by atoms with Crippen LogP contribution in [0.5, 0.6) is 11.5 Å². The van der Waals surface area contributed by atoms with Crippen LogP contribution in [0, 0.1) is 0 Å². The quantitative estimate of drug-likeness (QED) is 0.395. The standard InChI is InChI=1S/C11H11NO7S2.C6H6O/c1-12-9-4-7(20(14,15)16)2-6-3-8(21(17,18)19)5-10(13)11(6)9;7-6-4-2-1-3-5-6/h2-5,12-13H,1H3,(H,14,15,16)(H,17,18,19);1-5,7H. The average molecular weight is 427 g/mol. The normalized spacial score (nSPS) is 11.5. The van der Waals surface area contributed by atoms with Crippen LogP contribution in [-0.4, -0.2) is 43.2 Å². The molecule has 0 aliphatic carbocycles. The Hall–Kier alpha value is -2.86. The van der Waals surface area contributed by atoms with Crippen molar-refractivity contribution in [2.75, 3.05) is 12.4 Å². The van der Waals surface area contributed by atoms with Crippen molar-refractivity contribution in [1.29, 1.82) is 0 Å². The van der Waals surface area contributed by atoms with Gasteiger partial charge in [-0.15, -0.1) is 0 Å². The van der Waals surface area contributed by atoms with Crippen molar-refractivity contribution in [3.05, 3.63) is 54.6 Å². The molecule has 0 saturated carbocycles. The van der Waals surface area contributed by atoms with Crippen molar-refractivity contribution in [3.8, 4) is 11.5 Å². The molecule has 0 atom stereocenters. The summed E-state index contributed by atoms with van der Waals surface area (Å²) < 4.78 is 62.8. The van der Waals surface area contributed by atoms with Crippen LogP contribution in [-0.2, 0) is 20.2 Å². The lowest BCUT2D eigenvalue weighted by molar-refractivity contribution is 0.471. The Balaban J connectivity index is 0.000000336. The number of nitrogens with one attached hydrogen (secondary N) is 1. The van der Waals surface area contributed by atoms with Crippen LogP contribution in [0.4, 0.5) is 5.69 Å². The molecule has 0 unspecified atom stereocenters. The number of phenolic OH excluding ortho intramolecular Hbond substituents is 2. The maximum absolute atomic E-state index is 11.2. The van der Waals surface area contributed by atoms with Crippen LogP contribution in [0.15, 0.2) is 64.4 Å². The zero-order valence-electron chi connectivity index (χ0n) is 14.4. The molecule has 0 heterocycles. The number of rotatable bonds is 3. The van der Waals surface area contributed by atoms with Gasteiger partial charge in [0.2, 0.25) is 0 Å². The molecule has 11 heteroatoms. The first kappa shape index (κ1) is 21.4. The van der Waals surface area contributed by atoms with E-state index in [1.807, 2.05) is 6.07 Å². The summed E-state index contributed by atoms with van der Waals surface area (Å²) in [6, 6.07) is 12.6. The fourth-order valence-corrected chi connectivity index (χ4v) is 3.44. The molecule has 3 rings (SSSR count). The number of hydrogen-bond acceptors (Lipinski definition) is 7. The average Bonchev–Trinajstić information content (AvgIpc) is 2.60. The molecule has 0 fully saturated rings. The van der Waals surface area contributed by atoms with E-state index in [1.54, 1.807) is 24.3 Å². The highest BCUT2D eigenvalue weighted by molar-refractivity contribution is 7.86. The lowest BCUT2D eigenvalue weighted by Gasteiger charge is -2.11. The minimum absolute atomic E-state index is 0.0158. The smallest absolute Gasteiger partial charge is 0.294 e. The third-order valence-electron chi connectivity index (χ3n) is 3.60. The molecule has 0 radical (unpaired) electrons. The van der Waals surface area contributed by atoms with Gasteiger partial charge in [-0.2, -0.15) is 16.8 Å². The maximum Gasteiger partial charge on any atom is 0.294 e. The molecule has 0 aromatic heterocycles. The highest BCUT2D eigenvalue weighted by Gasteiger charge is 2.19. The first-order valence-electron chi connectivity index (χ1n) is 7.61. The van der Waals surface area contributed by atoms with E-state index >= 15 is 0 Å². The largest absolute Gasteiger partial charge is 0.508 e. The van der Waals surface area contributed by atoms with Gasteiger partial charge in [0, 0.05) is 24.2 Å². The van der Waals surface area contributed by atoms with Gasteiger partial charge in [-0.1, -0.05) is 18.2 Å². The van der Waals surface area contributed by atoms with Gasteiger partial charge in [0.15, 0.2) is 0 Å². The Labute approximate surface area is 161 Å². The molecule has 9 nitrogen and oxygen atoms in total. The van der Waals surface area contributed by atoms with Crippen molar-refractivity contribution < 1.29 is 36.2 Å². The molecular formula is C17H17NO8S2. The summed E-state index contributed by atoms with van der Waals surface area (Å²) >= 11 is 0. The molecule has 0 spiro atoms. The van der Waals surface area contributed by atoms with Crippen LogP contribution < -0.4 is 5.32 Å². The monoisotopic (exact) mass is 427 g/mol. The molecule has 0 aliphatic heterocycles. The minimum atomic E-state index is -4.58. The zero-order chi connectivity index (χ0) is 21.1.